The van der Waals surface area contributed by atoms with Crippen LogP contribution in [0.25, 0.3) is 0 Å². The molecule has 16 heavy (non-hydrogen) atoms. The van der Waals surface area contributed by atoms with Crippen LogP contribution < -0.4 is 5.32 Å². The maximum Gasteiger partial charge on any atom is 0.0479 e. The molecular weight excluding hydrogens is 333 g/mol. The number of nitrogens with one attached hydrogen (secondary N) is 1. The number of rotatable bonds is 2. The van der Waals surface area contributed by atoms with E-state index in [0.717, 1.165) is 5.02 Å². The average Bonchev–Trinajstić information content (AvgIpc) is 2.51. The van der Waals surface area contributed by atoms with Crippen molar-refractivity contribution in [1.29, 1.82) is 0 Å². The van der Waals surface area contributed by atoms with Crippen LogP contribution in [0.1, 0.15) is 33.1 Å². The Balaban J connectivity index is 2.05. The summed E-state index contributed by atoms with van der Waals surface area (Å²) in [5.74, 6) is 0. The van der Waals surface area contributed by atoms with Gasteiger partial charge in [-0.15, -0.1) is 0 Å². The SMILES string of the molecule is CC1(C)CCC(Nc2ccc(Cl)cc2I)C1. The van der Waals surface area contributed by atoms with Crippen molar-refractivity contribution in [2.45, 2.75) is 39.2 Å². The average molecular weight is 350 g/mol. The summed E-state index contributed by atoms with van der Waals surface area (Å²) >= 11 is 8.28. The summed E-state index contributed by atoms with van der Waals surface area (Å²) in [5, 5.41) is 4.43. The lowest BCUT2D eigenvalue weighted by Gasteiger charge is -2.19. The van der Waals surface area contributed by atoms with Gasteiger partial charge < -0.3 is 5.32 Å². The van der Waals surface area contributed by atoms with E-state index < -0.39 is 0 Å². The van der Waals surface area contributed by atoms with E-state index in [2.05, 4.69) is 47.8 Å². The van der Waals surface area contributed by atoms with Crippen molar-refractivity contribution < 1.29 is 0 Å². The number of benzene rings is 1. The minimum absolute atomic E-state index is 0.496. The van der Waals surface area contributed by atoms with E-state index in [1.54, 1.807) is 0 Å². The van der Waals surface area contributed by atoms with Gasteiger partial charge in [0.05, 0.1) is 0 Å². The molecule has 0 radical (unpaired) electrons. The highest BCUT2D eigenvalue weighted by atomic mass is 127. The fourth-order valence-electron chi connectivity index (χ4n) is 2.39. The molecular formula is C13H17ClIN. The van der Waals surface area contributed by atoms with E-state index in [-0.39, 0.29) is 0 Å². The second-order valence-corrected chi connectivity index (χ2v) is 6.97. The van der Waals surface area contributed by atoms with E-state index in [1.165, 1.54) is 28.5 Å². The van der Waals surface area contributed by atoms with Crippen LogP contribution in [0.3, 0.4) is 0 Å². The van der Waals surface area contributed by atoms with E-state index in [0.29, 0.717) is 11.5 Å². The summed E-state index contributed by atoms with van der Waals surface area (Å²) in [6.45, 7) is 4.70. The van der Waals surface area contributed by atoms with Gasteiger partial charge in [0.1, 0.15) is 0 Å². The molecule has 1 aliphatic rings. The lowest BCUT2D eigenvalue weighted by molar-refractivity contribution is 0.378. The van der Waals surface area contributed by atoms with Crippen molar-refractivity contribution in [3.63, 3.8) is 0 Å². The van der Waals surface area contributed by atoms with Crippen molar-refractivity contribution in [2.24, 2.45) is 5.41 Å². The molecule has 1 unspecified atom stereocenters. The predicted molar refractivity (Wildman–Crippen MR) is 79.2 cm³/mol. The van der Waals surface area contributed by atoms with Gasteiger partial charge in [-0.05, 0) is 65.5 Å². The Kier molecular flexibility index (Phi) is 3.69. The zero-order valence-corrected chi connectivity index (χ0v) is 12.6. The number of halogens is 2. The second-order valence-electron chi connectivity index (χ2n) is 5.37. The highest BCUT2D eigenvalue weighted by molar-refractivity contribution is 14.1. The minimum atomic E-state index is 0.496. The molecule has 0 bridgehead atoms. The van der Waals surface area contributed by atoms with Crippen LogP contribution in [-0.4, -0.2) is 6.04 Å². The molecule has 2 rings (SSSR count). The van der Waals surface area contributed by atoms with Gasteiger partial charge in [-0.3, -0.25) is 0 Å². The Morgan fingerprint density at radius 3 is 2.75 bits per heavy atom. The highest BCUT2D eigenvalue weighted by Crippen LogP contribution is 2.38. The molecule has 0 heterocycles. The third-order valence-corrected chi connectivity index (χ3v) is 4.39. The largest absolute Gasteiger partial charge is 0.381 e. The molecule has 1 N–H and O–H groups in total. The molecule has 1 aliphatic carbocycles. The van der Waals surface area contributed by atoms with Gasteiger partial charge >= 0.3 is 0 Å². The number of hydrogen-bond donors (Lipinski definition) is 1. The van der Waals surface area contributed by atoms with Crippen molar-refractivity contribution >= 4 is 39.9 Å². The predicted octanol–water partition coefficient (Wildman–Crippen LogP) is 4.94. The number of anilines is 1. The van der Waals surface area contributed by atoms with Crippen molar-refractivity contribution in [1.82, 2.24) is 0 Å². The molecule has 0 saturated heterocycles. The first-order valence-corrected chi connectivity index (χ1v) is 7.13. The van der Waals surface area contributed by atoms with Crippen LogP contribution in [0.4, 0.5) is 5.69 Å². The Morgan fingerprint density at radius 1 is 1.44 bits per heavy atom. The van der Waals surface area contributed by atoms with E-state index >= 15 is 0 Å². The number of hydrogen-bond acceptors (Lipinski definition) is 1. The summed E-state index contributed by atoms with van der Waals surface area (Å²) in [4.78, 5) is 0. The maximum atomic E-state index is 5.95. The lowest BCUT2D eigenvalue weighted by Crippen LogP contribution is -2.18. The van der Waals surface area contributed by atoms with Crippen LogP contribution in [0.15, 0.2) is 18.2 Å². The van der Waals surface area contributed by atoms with Crippen LogP contribution >= 0.6 is 34.2 Å². The lowest BCUT2D eigenvalue weighted by atomic mass is 9.92. The molecule has 0 aliphatic heterocycles. The quantitative estimate of drug-likeness (QED) is 0.746. The summed E-state index contributed by atoms with van der Waals surface area (Å²) < 4.78 is 1.20. The Bertz CT molecular complexity index is 390. The first-order valence-electron chi connectivity index (χ1n) is 5.68. The second kappa shape index (κ2) is 4.73. The Morgan fingerprint density at radius 2 is 2.19 bits per heavy atom. The third kappa shape index (κ3) is 3.04. The van der Waals surface area contributed by atoms with Gasteiger partial charge in [-0.2, -0.15) is 0 Å². The van der Waals surface area contributed by atoms with Crippen molar-refractivity contribution in [3.8, 4) is 0 Å². The summed E-state index contributed by atoms with van der Waals surface area (Å²) in [6.07, 6.45) is 3.84. The van der Waals surface area contributed by atoms with Gasteiger partial charge in [-0.1, -0.05) is 25.4 Å². The molecule has 3 heteroatoms. The molecule has 1 nitrogen and oxygen atoms in total. The standard InChI is InChI=1S/C13H17ClIN/c1-13(2)6-5-10(8-13)16-12-4-3-9(14)7-11(12)15/h3-4,7,10,16H,5-6,8H2,1-2H3. The first kappa shape index (κ1) is 12.5. The Hall–Kier alpha value is 0.0400. The normalized spacial score (nSPS) is 23.4. The monoisotopic (exact) mass is 349 g/mol. The van der Waals surface area contributed by atoms with E-state index in [4.69, 9.17) is 11.6 Å². The van der Waals surface area contributed by atoms with Gasteiger partial charge in [-0.25, -0.2) is 0 Å². The molecule has 0 spiro atoms. The zero-order valence-electron chi connectivity index (χ0n) is 9.69. The highest BCUT2D eigenvalue weighted by Gasteiger charge is 2.30. The van der Waals surface area contributed by atoms with Crippen LogP contribution in [-0.2, 0) is 0 Å². The summed E-state index contributed by atoms with van der Waals surface area (Å²) in [6, 6.07) is 6.65. The molecule has 1 aromatic rings. The van der Waals surface area contributed by atoms with E-state index in [1.807, 2.05) is 12.1 Å². The fourth-order valence-corrected chi connectivity index (χ4v) is 3.41. The molecule has 1 fully saturated rings. The minimum Gasteiger partial charge on any atom is -0.381 e. The molecule has 1 aromatic carbocycles. The smallest absolute Gasteiger partial charge is 0.0479 e. The van der Waals surface area contributed by atoms with Gasteiger partial charge in [0.2, 0.25) is 0 Å². The third-order valence-electron chi connectivity index (χ3n) is 3.26. The van der Waals surface area contributed by atoms with Gasteiger partial charge in [0.15, 0.2) is 0 Å². The molecule has 0 aromatic heterocycles. The van der Waals surface area contributed by atoms with Crippen molar-refractivity contribution in [3.05, 3.63) is 26.8 Å². The van der Waals surface area contributed by atoms with E-state index in [9.17, 15) is 0 Å². The summed E-state index contributed by atoms with van der Waals surface area (Å²) in [7, 11) is 0. The van der Waals surface area contributed by atoms with Gasteiger partial charge in [0, 0.05) is 20.3 Å². The molecule has 88 valence electrons. The Labute approximate surface area is 116 Å². The fraction of sp³-hybridized carbons (Fsp3) is 0.538. The van der Waals surface area contributed by atoms with Crippen LogP contribution in [0.5, 0.6) is 0 Å². The maximum absolute atomic E-state index is 5.95. The van der Waals surface area contributed by atoms with Crippen LogP contribution in [0, 0.1) is 8.99 Å². The van der Waals surface area contributed by atoms with Gasteiger partial charge in [0.25, 0.3) is 0 Å². The summed E-state index contributed by atoms with van der Waals surface area (Å²) in [5.41, 5.74) is 1.71. The topological polar surface area (TPSA) is 12.0 Å². The molecule has 0 amide bonds. The zero-order chi connectivity index (χ0) is 11.8. The molecule has 1 saturated carbocycles. The van der Waals surface area contributed by atoms with Crippen molar-refractivity contribution in [2.75, 3.05) is 5.32 Å². The van der Waals surface area contributed by atoms with Crippen LogP contribution in [0.2, 0.25) is 5.02 Å². The first-order chi connectivity index (χ1) is 7.46. The molecule has 1 atom stereocenters.